The minimum absolute atomic E-state index is 0.265. The molecule has 0 amide bonds. The number of hydrogen-bond donors (Lipinski definition) is 4. The first-order chi connectivity index (χ1) is 7.16. The van der Waals surface area contributed by atoms with Crippen molar-refractivity contribution < 1.29 is 37.8 Å². The normalized spacial score (nSPS) is 12.2. The number of hydrogen-bond acceptors (Lipinski definition) is 4. The second-order valence-electron chi connectivity index (χ2n) is 2.64. The maximum Gasteiger partial charge on any atom is 0.524 e. The Morgan fingerprint density at radius 2 is 1.25 bits per heavy atom. The third kappa shape index (κ3) is 5.27. The second kappa shape index (κ2) is 4.55. The number of phosphoric acid groups is 2. The summed E-state index contributed by atoms with van der Waals surface area (Å²) in [6.45, 7) is 0. The number of phosphoric ester groups is 2. The fraction of sp³-hybridized carbons (Fsp3) is 0. The van der Waals surface area contributed by atoms with Crippen molar-refractivity contribution in [1.82, 2.24) is 0 Å². The number of rotatable bonds is 4. The van der Waals surface area contributed by atoms with Crippen molar-refractivity contribution in [3.63, 3.8) is 0 Å². The molecule has 0 saturated heterocycles. The van der Waals surface area contributed by atoms with Gasteiger partial charge in [-0.3, -0.25) is 19.6 Å². The molecular formula is C6H8O8P2. The average molecular weight is 270 g/mol. The van der Waals surface area contributed by atoms with Crippen LogP contribution in [0.5, 0.6) is 11.5 Å². The lowest BCUT2D eigenvalue weighted by atomic mass is 10.3. The molecule has 8 nitrogen and oxygen atoms in total. The summed E-state index contributed by atoms with van der Waals surface area (Å²) in [6.07, 6.45) is 0. The minimum atomic E-state index is -4.71. The largest absolute Gasteiger partial charge is 0.524 e. The maximum absolute atomic E-state index is 10.5. The molecule has 90 valence electrons. The molecule has 0 bridgehead atoms. The molecule has 1 rings (SSSR count). The van der Waals surface area contributed by atoms with Gasteiger partial charge >= 0.3 is 15.6 Å². The molecule has 4 N–H and O–H groups in total. The van der Waals surface area contributed by atoms with Gasteiger partial charge in [0, 0.05) is 6.07 Å². The van der Waals surface area contributed by atoms with Crippen LogP contribution in [0.3, 0.4) is 0 Å². The molecule has 0 heterocycles. The van der Waals surface area contributed by atoms with Crippen molar-refractivity contribution in [2.75, 3.05) is 0 Å². The van der Waals surface area contributed by atoms with Gasteiger partial charge in [0.1, 0.15) is 11.5 Å². The van der Waals surface area contributed by atoms with Crippen molar-refractivity contribution in [1.29, 1.82) is 0 Å². The molecule has 0 saturated carbocycles. The summed E-state index contributed by atoms with van der Waals surface area (Å²) in [5.74, 6) is -0.529. The molecule has 16 heavy (non-hydrogen) atoms. The van der Waals surface area contributed by atoms with Crippen LogP contribution < -0.4 is 9.05 Å². The Hall–Kier alpha value is -0.880. The molecule has 0 radical (unpaired) electrons. The van der Waals surface area contributed by atoms with E-state index in [4.69, 9.17) is 19.6 Å². The van der Waals surface area contributed by atoms with Gasteiger partial charge < -0.3 is 9.05 Å². The predicted octanol–water partition coefficient (Wildman–Crippen LogP) is 0.630. The van der Waals surface area contributed by atoms with E-state index in [1.165, 1.54) is 18.2 Å². The van der Waals surface area contributed by atoms with Crippen LogP contribution in [-0.4, -0.2) is 19.6 Å². The van der Waals surface area contributed by atoms with E-state index >= 15 is 0 Å². The first kappa shape index (κ1) is 13.2. The van der Waals surface area contributed by atoms with Crippen LogP contribution in [0.15, 0.2) is 24.3 Å². The Morgan fingerprint density at radius 1 is 0.875 bits per heavy atom. The van der Waals surface area contributed by atoms with Crippen LogP contribution in [0.1, 0.15) is 0 Å². The zero-order valence-corrected chi connectivity index (χ0v) is 9.41. The molecule has 0 spiro atoms. The second-order valence-corrected chi connectivity index (χ2v) is 4.97. The Morgan fingerprint density at radius 3 is 1.56 bits per heavy atom. The molecule has 0 atom stereocenters. The van der Waals surface area contributed by atoms with E-state index < -0.39 is 15.6 Å². The van der Waals surface area contributed by atoms with E-state index in [1.807, 2.05) is 0 Å². The van der Waals surface area contributed by atoms with E-state index in [0.29, 0.717) is 0 Å². The zero-order chi connectivity index (χ0) is 12.4. The highest BCUT2D eigenvalue weighted by Gasteiger charge is 2.19. The molecule has 10 heteroatoms. The first-order valence-corrected chi connectivity index (χ1v) is 6.82. The van der Waals surface area contributed by atoms with E-state index in [2.05, 4.69) is 9.05 Å². The maximum atomic E-state index is 10.5. The third-order valence-electron chi connectivity index (χ3n) is 1.25. The fourth-order valence-electron chi connectivity index (χ4n) is 0.862. The van der Waals surface area contributed by atoms with Crippen molar-refractivity contribution >= 4 is 15.6 Å². The zero-order valence-electron chi connectivity index (χ0n) is 7.63. The quantitative estimate of drug-likeness (QED) is 0.585. The Bertz CT molecular complexity index is 420. The summed E-state index contributed by atoms with van der Waals surface area (Å²) in [5, 5.41) is 0. The molecule has 0 aromatic heterocycles. The smallest absolute Gasteiger partial charge is 0.404 e. The Balaban J connectivity index is 2.88. The van der Waals surface area contributed by atoms with Crippen LogP contribution in [0.4, 0.5) is 0 Å². The van der Waals surface area contributed by atoms with Gasteiger partial charge in [-0.2, -0.15) is 0 Å². The van der Waals surface area contributed by atoms with Gasteiger partial charge in [-0.15, -0.1) is 0 Å². The molecule has 0 fully saturated rings. The summed E-state index contributed by atoms with van der Waals surface area (Å²) in [4.78, 5) is 34.0. The molecule has 1 aromatic rings. The van der Waals surface area contributed by atoms with Gasteiger partial charge in [0.25, 0.3) is 0 Å². The first-order valence-electron chi connectivity index (χ1n) is 3.76. The molecular weight excluding hydrogens is 262 g/mol. The van der Waals surface area contributed by atoms with Crippen LogP contribution in [0, 0.1) is 0 Å². The van der Waals surface area contributed by atoms with Crippen molar-refractivity contribution in [3.05, 3.63) is 24.3 Å². The molecule has 1 aromatic carbocycles. The molecule has 0 aliphatic heterocycles. The van der Waals surface area contributed by atoms with Gasteiger partial charge in [0.15, 0.2) is 0 Å². The SMILES string of the molecule is O=P(O)(O)Oc1cccc(OP(=O)(O)O)c1. The van der Waals surface area contributed by atoms with Crippen molar-refractivity contribution in [2.24, 2.45) is 0 Å². The lowest BCUT2D eigenvalue weighted by Crippen LogP contribution is -1.92. The van der Waals surface area contributed by atoms with Gasteiger partial charge in [0.05, 0.1) is 0 Å². The molecule has 0 aliphatic carbocycles. The highest BCUT2D eigenvalue weighted by atomic mass is 31.2. The summed E-state index contributed by atoms with van der Waals surface area (Å²) < 4.78 is 29.3. The summed E-state index contributed by atoms with van der Waals surface area (Å²) in [7, 11) is -9.42. The highest BCUT2D eigenvalue weighted by molar-refractivity contribution is 7.47. The predicted molar refractivity (Wildman–Crippen MR) is 51.8 cm³/mol. The topological polar surface area (TPSA) is 134 Å². The van der Waals surface area contributed by atoms with Crippen LogP contribution in [-0.2, 0) is 9.13 Å². The van der Waals surface area contributed by atoms with Crippen LogP contribution in [0.2, 0.25) is 0 Å². The van der Waals surface area contributed by atoms with Gasteiger partial charge in [0.2, 0.25) is 0 Å². The Kier molecular flexibility index (Phi) is 3.75. The molecule has 0 unspecified atom stereocenters. The standard InChI is InChI=1S/C6H8O8P2/c7-15(8,9)13-5-2-1-3-6(4-5)14-16(10,11)12/h1-4H,(H2,7,8,9)(H2,10,11,12). The van der Waals surface area contributed by atoms with Crippen molar-refractivity contribution in [2.45, 2.75) is 0 Å². The minimum Gasteiger partial charge on any atom is -0.404 e. The Labute approximate surface area is 89.9 Å². The summed E-state index contributed by atoms with van der Waals surface area (Å²) >= 11 is 0. The van der Waals surface area contributed by atoms with E-state index in [-0.39, 0.29) is 11.5 Å². The van der Waals surface area contributed by atoms with E-state index in [0.717, 1.165) is 6.07 Å². The van der Waals surface area contributed by atoms with Gasteiger partial charge in [-0.05, 0) is 12.1 Å². The monoisotopic (exact) mass is 270 g/mol. The summed E-state index contributed by atoms with van der Waals surface area (Å²) in [5.41, 5.74) is 0. The van der Waals surface area contributed by atoms with Gasteiger partial charge in [-0.25, -0.2) is 9.13 Å². The molecule has 0 aliphatic rings. The van der Waals surface area contributed by atoms with E-state index in [9.17, 15) is 9.13 Å². The number of benzene rings is 1. The fourth-order valence-corrected chi connectivity index (χ4v) is 1.64. The van der Waals surface area contributed by atoms with Crippen LogP contribution in [0.25, 0.3) is 0 Å². The average Bonchev–Trinajstić information content (AvgIpc) is 1.96. The van der Waals surface area contributed by atoms with Crippen LogP contribution >= 0.6 is 15.6 Å². The van der Waals surface area contributed by atoms with E-state index in [1.54, 1.807) is 0 Å². The lowest BCUT2D eigenvalue weighted by Gasteiger charge is -2.09. The lowest BCUT2D eigenvalue weighted by molar-refractivity contribution is 0.280. The summed E-state index contributed by atoms with van der Waals surface area (Å²) in [6, 6.07) is 4.60. The van der Waals surface area contributed by atoms with Crippen molar-refractivity contribution in [3.8, 4) is 11.5 Å². The highest BCUT2D eigenvalue weighted by Crippen LogP contribution is 2.41. The third-order valence-corrected chi connectivity index (χ3v) is 2.15. The van der Waals surface area contributed by atoms with Gasteiger partial charge in [-0.1, -0.05) is 6.07 Å².